The number of carbonyl (C=O) groups excluding carboxylic acids is 2. The molecule has 0 aromatic rings. The van der Waals surface area contributed by atoms with Crippen molar-refractivity contribution in [3.05, 3.63) is 11.6 Å². The smallest absolute Gasteiger partial charge is 0.318 e. The van der Waals surface area contributed by atoms with Crippen molar-refractivity contribution in [2.45, 2.75) is 82.2 Å². The van der Waals surface area contributed by atoms with Gasteiger partial charge in [-0.05, 0) is 38.2 Å². The van der Waals surface area contributed by atoms with Crippen molar-refractivity contribution in [3.8, 4) is 0 Å². The van der Waals surface area contributed by atoms with Gasteiger partial charge >= 0.3 is 5.97 Å². The van der Waals surface area contributed by atoms with Crippen LogP contribution in [0.15, 0.2) is 11.6 Å². The molecule has 1 aliphatic heterocycles. The lowest BCUT2D eigenvalue weighted by Gasteiger charge is -2.21. The Hall–Kier alpha value is -1.25. The lowest BCUT2D eigenvalue weighted by atomic mass is 9.92. The first-order valence-corrected chi connectivity index (χ1v) is 10.7. The maximum absolute atomic E-state index is 12.6. The first-order valence-electron chi connectivity index (χ1n) is 9.22. The minimum atomic E-state index is -4.74. The number of esters is 1. The second kappa shape index (κ2) is 8.19. The van der Waals surface area contributed by atoms with Gasteiger partial charge in [0.15, 0.2) is 11.9 Å². The first kappa shape index (κ1) is 21.1. The number of hydrogen-bond acceptors (Lipinski definition) is 6. The zero-order chi connectivity index (χ0) is 19.5. The number of Topliss-reactive ketones (excluding diaryl/α,β-unsaturated/α-hetero) is 1. The Labute approximate surface area is 154 Å². The molecule has 1 saturated heterocycles. The lowest BCUT2D eigenvalue weighted by Crippen LogP contribution is -2.45. The van der Waals surface area contributed by atoms with Crippen molar-refractivity contribution in [1.82, 2.24) is 0 Å². The van der Waals surface area contributed by atoms with Gasteiger partial charge in [0.05, 0.1) is 0 Å². The summed E-state index contributed by atoms with van der Waals surface area (Å²) in [4.78, 5) is 24.8. The largest absolute Gasteiger partial charge is 0.457 e. The van der Waals surface area contributed by atoms with Gasteiger partial charge in [-0.1, -0.05) is 38.7 Å². The summed E-state index contributed by atoms with van der Waals surface area (Å²) in [7, 11) is -4.74. The highest BCUT2D eigenvalue weighted by atomic mass is 32.2. The van der Waals surface area contributed by atoms with Crippen molar-refractivity contribution < 1.29 is 32.4 Å². The van der Waals surface area contributed by atoms with Gasteiger partial charge in [0.2, 0.25) is 0 Å². The van der Waals surface area contributed by atoms with E-state index in [2.05, 4.69) is 6.92 Å². The molecule has 2 N–H and O–H groups in total. The summed E-state index contributed by atoms with van der Waals surface area (Å²) in [5, 5.41) is 8.42. The molecule has 3 atom stereocenters. The maximum atomic E-state index is 12.6. The minimum Gasteiger partial charge on any atom is -0.457 e. The zero-order valence-electron chi connectivity index (χ0n) is 15.3. The van der Waals surface area contributed by atoms with Crippen LogP contribution in [0.1, 0.15) is 65.2 Å². The molecule has 2 aliphatic rings. The van der Waals surface area contributed by atoms with Gasteiger partial charge in [0.25, 0.3) is 10.1 Å². The topological polar surface area (TPSA) is 118 Å². The van der Waals surface area contributed by atoms with E-state index in [1.54, 1.807) is 6.08 Å². The summed E-state index contributed by atoms with van der Waals surface area (Å²) in [5.41, 5.74) is -1.19. The van der Waals surface area contributed by atoms with E-state index in [4.69, 9.17) is 4.74 Å². The molecule has 1 aliphatic carbocycles. The summed E-state index contributed by atoms with van der Waals surface area (Å²) in [6.45, 7) is 3.66. The molecule has 0 aromatic carbocycles. The molecule has 26 heavy (non-hydrogen) atoms. The summed E-state index contributed by atoms with van der Waals surface area (Å²) in [5.74, 6) is -3.30. The van der Waals surface area contributed by atoms with Crippen LogP contribution in [-0.2, 0) is 24.4 Å². The molecular weight excluding hydrogens is 360 g/mol. The summed E-state index contributed by atoms with van der Waals surface area (Å²) < 4.78 is 38.2. The van der Waals surface area contributed by atoms with Gasteiger partial charge in [-0.15, -0.1) is 0 Å². The van der Waals surface area contributed by atoms with E-state index in [1.165, 1.54) is 6.92 Å². The Balaban J connectivity index is 2.09. The second-order valence-corrected chi connectivity index (χ2v) is 8.95. The quantitative estimate of drug-likeness (QED) is 0.194. The molecule has 0 spiro atoms. The van der Waals surface area contributed by atoms with Crippen molar-refractivity contribution in [1.29, 1.82) is 0 Å². The zero-order valence-corrected chi connectivity index (χ0v) is 16.1. The molecule has 2 rings (SSSR count). The number of aliphatic hydroxyl groups is 1. The van der Waals surface area contributed by atoms with Crippen LogP contribution in [0.25, 0.3) is 0 Å². The second-order valence-electron chi connectivity index (χ2n) is 7.37. The van der Waals surface area contributed by atoms with Crippen LogP contribution < -0.4 is 0 Å². The summed E-state index contributed by atoms with van der Waals surface area (Å²) >= 11 is 0. The minimum absolute atomic E-state index is 0.268. The monoisotopic (exact) mass is 388 g/mol. The molecule has 2 fully saturated rings. The van der Waals surface area contributed by atoms with Crippen molar-refractivity contribution in [2.75, 3.05) is 0 Å². The van der Waals surface area contributed by atoms with E-state index >= 15 is 0 Å². The Morgan fingerprint density at radius 2 is 1.88 bits per heavy atom. The molecule has 0 radical (unpaired) electrons. The third-order valence-electron chi connectivity index (χ3n) is 5.19. The van der Waals surface area contributed by atoms with Gasteiger partial charge in [-0.3, -0.25) is 14.1 Å². The summed E-state index contributed by atoms with van der Waals surface area (Å²) in [6, 6.07) is 0. The van der Waals surface area contributed by atoms with E-state index < -0.39 is 44.7 Å². The number of unbranched alkanes of at least 4 members (excludes halogenated alkanes) is 5. The SMILES string of the molecule is CCCCCCCC=C(C)C(=O)C1C(=O)OC(C2(O)CC2)C1S(=O)(=O)O. The molecule has 3 unspecified atom stereocenters. The standard InChI is InChI=1S/C18H28O7S/c1-3-4-5-6-7-8-9-12(2)14(19)13-15(26(22,23)24)16(25-17(13)20)18(21)10-11-18/h9,13,15-16,21H,3-8,10-11H2,1-2H3,(H,22,23,24). The van der Waals surface area contributed by atoms with Gasteiger partial charge < -0.3 is 9.84 Å². The number of ketones is 1. The molecule has 0 amide bonds. The van der Waals surface area contributed by atoms with Gasteiger partial charge in [-0.25, -0.2) is 0 Å². The number of rotatable bonds is 10. The molecule has 7 nitrogen and oxygen atoms in total. The van der Waals surface area contributed by atoms with Crippen LogP contribution >= 0.6 is 0 Å². The van der Waals surface area contributed by atoms with Crippen molar-refractivity contribution in [3.63, 3.8) is 0 Å². The fourth-order valence-corrected chi connectivity index (χ4v) is 4.60. The average molecular weight is 388 g/mol. The third-order valence-corrected chi connectivity index (χ3v) is 6.40. The van der Waals surface area contributed by atoms with E-state index in [-0.39, 0.29) is 18.4 Å². The number of ether oxygens (including phenoxy) is 1. The van der Waals surface area contributed by atoms with Crippen LogP contribution in [0.2, 0.25) is 0 Å². The van der Waals surface area contributed by atoms with E-state index in [9.17, 15) is 27.7 Å². The first-order chi connectivity index (χ1) is 12.1. The maximum Gasteiger partial charge on any atom is 0.318 e. The Morgan fingerprint density at radius 3 is 2.42 bits per heavy atom. The molecule has 1 saturated carbocycles. The number of hydrogen-bond donors (Lipinski definition) is 2. The summed E-state index contributed by atoms with van der Waals surface area (Å²) in [6.07, 6.45) is 6.86. The van der Waals surface area contributed by atoms with Crippen LogP contribution in [0.3, 0.4) is 0 Å². The Kier molecular flexibility index (Phi) is 6.63. The Bertz CT molecular complexity index is 676. The van der Waals surface area contributed by atoms with Gasteiger partial charge in [-0.2, -0.15) is 8.42 Å². The molecule has 1 heterocycles. The fourth-order valence-electron chi connectivity index (χ4n) is 3.40. The highest BCUT2D eigenvalue weighted by Crippen LogP contribution is 2.47. The predicted octanol–water partition coefficient (Wildman–Crippen LogP) is 2.19. The normalized spacial score (nSPS) is 28.1. The van der Waals surface area contributed by atoms with Crippen LogP contribution in [0, 0.1) is 5.92 Å². The van der Waals surface area contributed by atoms with Crippen LogP contribution in [-0.4, -0.2) is 46.8 Å². The molecular formula is C18H28O7S. The predicted molar refractivity (Wildman–Crippen MR) is 95.0 cm³/mol. The Morgan fingerprint density at radius 1 is 1.27 bits per heavy atom. The van der Waals surface area contributed by atoms with E-state index in [1.807, 2.05) is 0 Å². The van der Waals surface area contributed by atoms with Crippen LogP contribution in [0.4, 0.5) is 0 Å². The lowest BCUT2D eigenvalue weighted by molar-refractivity contribution is -0.150. The fraction of sp³-hybridized carbons (Fsp3) is 0.778. The molecule has 0 aromatic heterocycles. The van der Waals surface area contributed by atoms with Crippen molar-refractivity contribution >= 4 is 21.9 Å². The highest BCUT2D eigenvalue weighted by molar-refractivity contribution is 7.86. The number of allylic oxidation sites excluding steroid dienone is 2. The molecule has 148 valence electrons. The van der Waals surface area contributed by atoms with Gasteiger partial charge in [0.1, 0.15) is 16.8 Å². The average Bonchev–Trinajstić information content (AvgIpc) is 3.19. The number of carbonyl (C=O) groups is 2. The number of cyclic esters (lactones) is 1. The van der Waals surface area contributed by atoms with Gasteiger partial charge in [0, 0.05) is 0 Å². The highest BCUT2D eigenvalue weighted by Gasteiger charge is 2.65. The van der Waals surface area contributed by atoms with E-state index in [0.29, 0.717) is 6.42 Å². The van der Waals surface area contributed by atoms with Crippen molar-refractivity contribution in [2.24, 2.45) is 5.92 Å². The van der Waals surface area contributed by atoms with E-state index in [0.717, 1.165) is 32.1 Å². The van der Waals surface area contributed by atoms with Crippen LogP contribution in [0.5, 0.6) is 0 Å². The molecule has 8 heteroatoms. The molecule has 0 bridgehead atoms. The third kappa shape index (κ3) is 4.72.